The molecular formula is C11H18N2O. The van der Waals surface area contributed by atoms with E-state index in [0.717, 1.165) is 18.0 Å². The van der Waals surface area contributed by atoms with Crippen LogP contribution in [0.25, 0.3) is 0 Å². The molecule has 0 radical (unpaired) electrons. The molecule has 3 heteroatoms. The number of nitrogens with one attached hydrogen (secondary N) is 1. The molecule has 0 fully saturated rings. The summed E-state index contributed by atoms with van der Waals surface area (Å²) in [5.41, 5.74) is 2.34. The highest BCUT2D eigenvalue weighted by Crippen LogP contribution is 2.27. The van der Waals surface area contributed by atoms with E-state index < -0.39 is 0 Å². The van der Waals surface area contributed by atoms with Gasteiger partial charge in [0.2, 0.25) is 0 Å². The molecular weight excluding hydrogens is 176 g/mol. The lowest BCUT2D eigenvalue weighted by Gasteiger charge is -2.17. The van der Waals surface area contributed by atoms with Crippen molar-refractivity contribution in [2.75, 3.05) is 33.2 Å². The first-order valence-electron chi connectivity index (χ1n) is 4.68. The average molecular weight is 194 g/mol. The molecule has 1 aromatic carbocycles. The molecule has 0 saturated carbocycles. The second-order valence-corrected chi connectivity index (χ2v) is 3.43. The van der Waals surface area contributed by atoms with Crippen LogP contribution < -0.4 is 15.0 Å². The third-order valence-electron chi connectivity index (χ3n) is 2.11. The maximum atomic E-state index is 5.32. The van der Waals surface area contributed by atoms with Crippen molar-refractivity contribution in [3.05, 3.63) is 23.8 Å². The zero-order chi connectivity index (χ0) is 10.6. The standard InChI is InChI=1S/C11H18N2O/c1-12-8-9-5-6-10(13(2)3)11(7-9)14-4/h5-7,12H,8H2,1-4H3. The fraction of sp³-hybridized carbons (Fsp3) is 0.455. The fourth-order valence-electron chi connectivity index (χ4n) is 1.41. The van der Waals surface area contributed by atoms with Gasteiger partial charge in [-0.3, -0.25) is 0 Å². The van der Waals surface area contributed by atoms with E-state index in [9.17, 15) is 0 Å². The Morgan fingerprint density at radius 1 is 1.36 bits per heavy atom. The monoisotopic (exact) mass is 194 g/mol. The first kappa shape index (κ1) is 10.9. The zero-order valence-electron chi connectivity index (χ0n) is 9.29. The van der Waals surface area contributed by atoms with Gasteiger partial charge in [0.25, 0.3) is 0 Å². The summed E-state index contributed by atoms with van der Waals surface area (Å²) in [4.78, 5) is 2.04. The number of rotatable bonds is 4. The van der Waals surface area contributed by atoms with Gasteiger partial charge >= 0.3 is 0 Å². The van der Waals surface area contributed by atoms with Gasteiger partial charge in [-0.25, -0.2) is 0 Å². The van der Waals surface area contributed by atoms with Crippen LogP contribution in [-0.4, -0.2) is 28.3 Å². The molecule has 0 atom stereocenters. The van der Waals surface area contributed by atoms with Gasteiger partial charge in [-0.15, -0.1) is 0 Å². The summed E-state index contributed by atoms with van der Waals surface area (Å²) < 4.78 is 5.32. The number of hydrogen-bond donors (Lipinski definition) is 1. The summed E-state index contributed by atoms with van der Waals surface area (Å²) in [6.45, 7) is 0.865. The van der Waals surface area contributed by atoms with Crippen LogP contribution in [0.15, 0.2) is 18.2 Å². The normalized spacial score (nSPS) is 10.0. The van der Waals surface area contributed by atoms with Crippen LogP contribution in [-0.2, 0) is 6.54 Å². The average Bonchev–Trinajstić information content (AvgIpc) is 2.17. The molecule has 0 spiro atoms. The number of benzene rings is 1. The van der Waals surface area contributed by atoms with Crippen molar-refractivity contribution in [1.29, 1.82) is 0 Å². The van der Waals surface area contributed by atoms with Gasteiger partial charge in [0.1, 0.15) is 5.75 Å². The Morgan fingerprint density at radius 2 is 2.07 bits per heavy atom. The lowest BCUT2D eigenvalue weighted by Crippen LogP contribution is -2.11. The Bertz CT molecular complexity index is 297. The lowest BCUT2D eigenvalue weighted by molar-refractivity contribution is 0.414. The molecule has 0 saturated heterocycles. The van der Waals surface area contributed by atoms with Gasteiger partial charge in [0.05, 0.1) is 12.8 Å². The van der Waals surface area contributed by atoms with Crippen molar-refractivity contribution in [3.8, 4) is 5.75 Å². The molecule has 0 aliphatic carbocycles. The van der Waals surface area contributed by atoms with Gasteiger partial charge in [0.15, 0.2) is 0 Å². The minimum atomic E-state index is 0.865. The van der Waals surface area contributed by atoms with Gasteiger partial charge < -0.3 is 15.0 Å². The molecule has 0 aliphatic heterocycles. The minimum absolute atomic E-state index is 0.865. The van der Waals surface area contributed by atoms with E-state index in [1.807, 2.05) is 26.0 Å². The van der Waals surface area contributed by atoms with Gasteiger partial charge in [-0.05, 0) is 24.7 Å². The van der Waals surface area contributed by atoms with E-state index in [-0.39, 0.29) is 0 Å². The van der Waals surface area contributed by atoms with Crippen molar-refractivity contribution >= 4 is 5.69 Å². The van der Waals surface area contributed by atoms with Crippen LogP contribution in [0, 0.1) is 0 Å². The first-order chi connectivity index (χ1) is 6.69. The molecule has 0 amide bonds. The second kappa shape index (κ2) is 4.86. The molecule has 0 heterocycles. The SMILES string of the molecule is CNCc1ccc(N(C)C)c(OC)c1. The van der Waals surface area contributed by atoms with E-state index >= 15 is 0 Å². The van der Waals surface area contributed by atoms with E-state index in [1.54, 1.807) is 7.11 Å². The number of ether oxygens (including phenoxy) is 1. The Morgan fingerprint density at radius 3 is 2.57 bits per heavy atom. The van der Waals surface area contributed by atoms with E-state index in [0.29, 0.717) is 0 Å². The summed E-state index contributed by atoms with van der Waals surface area (Å²) in [7, 11) is 7.66. The first-order valence-corrected chi connectivity index (χ1v) is 4.68. The van der Waals surface area contributed by atoms with Crippen molar-refractivity contribution < 1.29 is 4.74 Å². The summed E-state index contributed by atoms with van der Waals surface area (Å²) in [5.74, 6) is 0.919. The lowest BCUT2D eigenvalue weighted by atomic mass is 10.2. The van der Waals surface area contributed by atoms with Gasteiger partial charge in [-0.2, -0.15) is 0 Å². The molecule has 1 aromatic rings. The molecule has 0 aliphatic rings. The Hall–Kier alpha value is -1.22. The highest BCUT2D eigenvalue weighted by molar-refractivity contribution is 5.58. The molecule has 3 nitrogen and oxygen atoms in total. The topological polar surface area (TPSA) is 24.5 Å². The minimum Gasteiger partial charge on any atom is -0.495 e. The van der Waals surface area contributed by atoms with Crippen molar-refractivity contribution in [3.63, 3.8) is 0 Å². The number of methoxy groups -OCH3 is 1. The van der Waals surface area contributed by atoms with Crippen LogP contribution in [0.1, 0.15) is 5.56 Å². The van der Waals surface area contributed by atoms with Crippen molar-refractivity contribution in [2.45, 2.75) is 6.54 Å². The zero-order valence-corrected chi connectivity index (χ0v) is 9.29. The van der Waals surface area contributed by atoms with E-state index in [1.165, 1.54) is 5.56 Å². The smallest absolute Gasteiger partial charge is 0.142 e. The summed E-state index contributed by atoms with van der Waals surface area (Å²) >= 11 is 0. The maximum absolute atomic E-state index is 5.32. The summed E-state index contributed by atoms with van der Waals surface area (Å²) in [5, 5.41) is 3.11. The third kappa shape index (κ3) is 2.39. The second-order valence-electron chi connectivity index (χ2n) is 3.43. The third-order valence-corrected chi connectivity index (χ3v) is 2.11. The fourth-order valence-corrected chi connectivity index (χ4v) is 1.41. The van der Waals surface area contributed by atoms with E-state index in [2.05, 4.69) is 23.5 Å². The Labute approximate surface area is 85.7 Å². The predicted octanol–water partition coefficient (Wildman–Crippen LogP) is 1.48. The van der Waals surface area contributed by atoms with Gasteiger partial charge in [-0.1, -0.05) is 6.07 Å². The summed E-state index contributed by atoms with van der Waals surface area (Å²) in [6, 6.07) is 6.24. The Kier molecular flexibility index (Phi) is 3.77. The molecule has 1 N–H and O–H groups in total. The Balaban J connectivity index is 2.99. The highest BCUT2D eigenvalue weighted by atomic mass is 16.5. The van der Waals surface area contributed by atoms with Crippen molar-refractivity contribution in [1.82, 2.24) is 5.32 Å². The molecule has 78 valence electrons. The van der Waals surface area contributed by atoms with Crippen LogP contribution in [0.5, 0.6) is 5.75 Å². The largest absolute Gasteiger partial charge is 0.495 e. The number of hydrogen-bond acceptors (Lipinski definition) is 3. The molecule has 14 heavy (non-hydrogen) atoms. The van der Waals surface area contributed by atoms with Crippen molar-refractivity contribution in [2.24, 2.45) is 0 Å². The van der Waals surface area contributed by atoms with Gasteiger partial charge in [0, 0.05) is 20.6 Å². The number of anilines is 1. The van der Waals surface area contributed by atoms with Crippen LogP contribution >= 0.6 is 0 Å². The quantitative estimate of drug-likeness (QED) is 0.785. The molecule has 1 rings (SSSR count). The highest BCUT2D eigenvalue weighted by Gasteiger charge is 2.05. The predicted molar refractivity (Wildman–Crippen MR) is 60.1 cm³/mol. The molecule has 0 unspecified atom stereocenters. The molecule has 0 bridgehead atoms. The van der Waals surface area contributed by atoms with Crippen LogP contribution in [0.3, 0.4) is 0 Å². The maximum Gasteiger partial charge on any atom is 0.142 e. The van der Waals surface area contributed by atoms with Crippen LogP contribution in [0.2, 0.25) is 0 Å². The summed E-state index contributed by atoms with van der Waals surface area (Å²) in [6.07, 6.45) is 0. The molecule has 0 aromatic heterocycles. The van der Waals surface area contributed by atoms with E-state index in [4.69, 9.17) is 4.74 Å². The van der Waals surface area contributed by atoms with Crippen LogP contribution in [0.4, 0.5) is 5.69 Å². The number of nitrogens with zero attached hydrogens (tertiary/aromatic N) is 1.